The minimum Gasteiger partial charge on any atom is -0.464 e. The first-order valence-electron chi connectivity index (χ1n) is 7.96. The molecule has 7 heteroatoms. The van der Waals surface area contributed by atoms with E-state index in [9.17, 15) is 4.79 Å². The molecule has 1 unspecified atom stereocenters. The maximum absolute atomic E-state index is 11.8. The minimum atomic E-state index is -0.377. The zero-order valence-corrected chi connectivity index (χ0v) is 14.2. The molecular formula is C17H18N4O2S. The van der Waals surface area contributed by atoms with Crippen molar-refractivity contribution < 1.29 is 9.53 Å². The zero-order valence-electron chi connectivity index (χ0n) is 13.4. The highest BCUT2D eigenvalue weighted by Gasteiger charge is 2.30. The van der Waals surface area contributed by atoms with Crippen LogP contribution in [0.5, 0.6) is 0 Å². The van der Waals surface area contributed by atoms with Gasteiger partial charge in [-0.1, -0.05) is 12.1 Å². The van der Waals surface area contributed by atoms with Crippen LogP contribution in [0.1, 0.15) is 39.9 Å². The molecule has 1 aliphatic rings. The predicted octanol–water partition coefficient (Wildman–Crippen LogP) is 3.14. The van der Waals surface area contributed by atoms with Gasteiger partial charge in [0.2, 0.25) is 0 Å². The number of rotatable bonds is 4. The molecule has 124 valence electrons. The predicted molar refractivity (Wildman–Crippen MR) is 91.9 cm³/mol. The number of nitrogens with one attached hydrogen (secondary N) is 1. The van der Waals surface area contributed by atoms with Gasteiger partial charge in [0, 0.05) is 12.1 Å². The monoisotopic (exact) mass is 342 g/mol. The molecular weight excluding hydrogens is 324 g/mol. The van der Waals surface area contributed by atoms with Gasteiger partial charge in [0.1, 0.15) is 10.7 Å². The van der Waals surface area contributed by atoms with Crippen LogP contribution in [0, 0.1) is 0 Å². The second-order valence-corrected chi connectivity index (χ2v) is 6.97. The lowest BCUT2D eigenvalue weighted by atomic mass is 10.2. The number of hydrogen-bond donors (Lipinski definition) is 1. The van der Waals surface area contributed by atoms with E-state index in [-0.39, 0.29) is 5.97 Å². The van der Waals surface area contributed by atoms with Crippen molar-refractivity contribution in [2.24, 2.45) is 0 Å². The quantitative estimate of drug-likeness (QED) is 0.738. The fourth-order valence-corrected chi connectivity index (χ4v) is 4.39. The lowest BCUT2D eigenvalue weighted by molar-refractivity contribution is 0.0591. The second-order valence-electron chi connectivity index (χ2n) is 5.91. The van der Waals surface area contributed by atoms with Gasteiger partial charge in [0.25, 0.3) is 0 Å². The van der Waals surface area contributed by atoms with Gasteiger partial charge in [-0.05, 0) is 31.5 Å². The number of methoxy groups -OCH3 is 1. The highest BCUT2D eigenvalue weighted by atomic mass is 32.1. The van der Waals surface area contributed by atoms with Gasteiger partial charge in [-0.15, -0.1) is 11.3 Å². The van der Waals surface area contributed by atoms with Crippen molar-refractivity contribution in [3.8, 4) is 0 Å². The van der Waals surface area contributed by atoms with Crippen LogP contribution in [0.15, 0.2) is 30.5 Å². The molecule has 6 nitrogen and oxygen atoms in total. The first-order valence-corrected chi connectivity index (χ1v) is 8.78. The molecule has 0 amide bonds. The Kier molecular flexibility index (Phi) is 4.03. The molecule has 0 bridgehead atoms. The van der Waals surface area contributed by atoms with Crippen LogP contribution in [0.25, 0.3) is 10.2 Å². The molecule has 24 heavy (non-hydrogen) atoms. The highest BCUT2D eigenvalue weighted by molar-refractivity contribution is 7.18. The van der Waals surface area contributed by atoms with Crippen LogP contribution in [0.3, 0.4) is 0 Å². The lowest BCUT2D eigenvalue weighted by Gasteiger charge is -2.22. The third-order valence-electron chi connectivity index (χ3n) is 4.44. The molecule has 4 rings (SSSR count). The van der Waals surface area contributed by atoms with E-state index in [1.54, 1.807) is 17.5 Å². The van der Waals surface area contributed by atoms with Crippen LogP contribution in [-0.2, 0) is 11.3 Å². The number of thiazole rings is 1. The molecule has 3 heterocycles. The lowest BCUT2D eigenvalue weighted by Crippen LogP contribution is -2.23. The molecule has 3 aromatic rings. The summed E-state index contributed by atoms with van der Waals surface area (Å²) in [6, 6.07) is 8.53. The summed E-state index contributed by atoms with van der Waals surface area (Å²) in [6.45, 7) is 1.66. The number of carbonyl (C=O) groups is 1. The largest absolute Gasteiger partial charge is 0.464 e. The number of ether oxygens (including phenoxy) is 1. The molecule has 0 saturated carbocycles. The van der Waals surface area contributed by atoms with Crippen molar-refractivity contribution >= 4 is 27.5 Å². The van der Waals surface area contributed by atoms with Crippen molar-refractivity contribution in [3.05, 3.63) is 46.7 Å². The van der Waals surface area contributed by atoms with E-state index in [1.165, 1.54) is 11.8 Å². The number of carbonyl (C=O) groups excluding carboxylic acids is 1. The summed E-state index contributed by atoms with van der Waals surface area (Å²) in [5.41, 5.74) is 2.37. The number of fused-ring (bicyclic) bond motifs is 1. The maximum Gasteiger partial charge on any atom is 0.356 e. The number of likely N-dealkylation sites (tertiary alicyclic amines) is 1. The molecule has 0 aliphatic carbocycles. The molecule has 2 aromatic heterocycles. The molecule has 0 radical (unpaired) electrons. The third kappa shape index (κ3) is 2.70. The molecule has 1 atom stereocenters. The Labute approximate surface area is 143 Å². The Morgan fingerprint density at radius 3 is 3.17 bits per heavy atom. The first kappa shape index (κ1) is 15.3. The number of H-pyrrole nitrogens is 1. The van der Waals surface area contributed by atoms with Crippen LogP contribution in [0.4, 0.5) is 0 Å². The van der Waals surface area contributed by atoms with E-state index in [2.05, 4.69) is 27.2 Å². The number of nitrogens with zero attached hydrogens (tertiary/aromatic N) is 3. The van der Waals surface area contributed by atoms with Crippen molar-refractivity contribution in [3.63, 3.8) is 0 Å². The third-order valence-corrected chi connectivity index (χ3v) is 5.58. The summed E-state index contributed by atoms with van der Waals surface area (Å²) < 4.78 is 6.03. The number of para-hydroxylation sites is 1. The van der Waals surface area contributed by atoms with E-state index in [4.69, 9.17) is 9.72 Å². The fourth-order valence-electron chi connectivity index (χ4n) is 3.26. The van der Waals surface area contributed by atoms with E-state index >= 15 is 0 Å². The van der Waals surface area contributed by atoms with Crippen LogP contribution >= 0.6 is 11.3 Å². The Hall–Kier alpha value is -2.25. The molecule has 1 aromatic carbocycles. The summed E-state index contributed by atoms with van der Waals surface area (Å²) in [7, 11) is 1.38. The maximum atomic E-state index is 11.8. The van der Waals surface area contributed by atoms with E-state index in [1.807, 2.05) is 12.1 Å². The van der Waals surface area contributed by atoms with Crippen molar-refractivity contribution in [2.45, 2.75) is 25.4 Å². The molecule has 1 saturated heterocycles. The number of hydrogen-bond acceptors (Lipinski definition) is 6. The van der Waals surface area contributed by atoms with Crippen molar-refractivity contribution in [1.82, 2.24) is 20.1 Å². The Morgan fingerprint density at radius 2 is 2.33 bits per heavy atom. The fraction of sp³-hybridized carbons (Fsp3) is 0.353. The van der Waals surface area contributed by atoms with Gasteiger partial charge in [-0.3, -0.25) is 10.00 Å². The van der Waals surface area contributed by atoms with Crippen molar-refractivity contribution in [2.75, 3.05) is 13.7 Å². The van der Waals surface area contributed by atoms with Gasteiger partial charge in [-0.25, -0.2) is 9.78 Å². The highest BCUT2D eigenvalue weighted by Crippen LogP contribution is 2.37. The zero-order chi connectivity index (χ0) is 16.5. The molecule has 1 fully saturated rings. The van der Waals surface area contributed by atoms with E-state index in [0.717, 1.165) is 35.5 Å². The van der Waals surface area contributed by atoms with Crippen molar-refractivity contribution in [1.29, 1.82) is 0 Å². The summed E-state index contributed by atoms with van der Waals surface area (Å²) in [4.78, 5) is 19.0. The minimum absolute atomic E-state index is 0.294. The Balaban J connectivity index is 1.59. The van der Waals surface area contributed by atoms with Gasteiger partial charge in [0.05, 0.1) is 29.6 Å². The SMILES string of the molecule is COC(=O)c1[nH]ncc1CN1CCCC1c1nc2ccccc2s1. The van der Waals surface area contributed by atoms with Gasteiger partial charge >= 0.3 is 5.97 Å². The number of aromatic nitrogens is 3. The van der Waals surface area contributed by atoms with E-state index < -0.39 is 0 Å². The normalized spacial score (nSPS) is 18.3. The molecule has 0 spiro atoms. The van der Waals surface area contributed by atoms with Crippen LogP contribution < -0.4 is 0 Å². The first-order chi connectivity index (χ1) is 11.8. The van der Waals surface area contributed by atoms with Crippen LogP contribution in [-0.4, -0.2) is 39.7 Å². The van der Waals surface area contributed by atoms with Gasteiger partial charge < -0.3 is 4.74 Å². The van der Waals surface area contributed by atoms with Gasteiger partial charge in [0.15, 0.2) is 0 Å². The average Bonchev–Trinajstić information content (AvgIpc) is 3.33. The topological polar surface area (TPSA) is 71.1 Å². The summed E-state index contributed by atoms with van der Waals surface area (Å²) in [6.07, 6.45) is 3.93. The smallest absolute Gasteiger partial charge is 0.356 e. The van der Waals surface area contributed by atoms with Gasteiger partial charge in [-0.2, -0.15) is 5.10 Å². The summed E-state index contributed by atoms with van der Waals surface area (Å²) in [5.74, 6) is -0.377. The van der Waals surface area contributed by atoms with E-state index in [0.29, 0.717) is 18.3 Å². The molecule has 1 aliphatic heterocycles. The number of benzene rings is 1. The summed E-state index contributed by atoms with van der Waals surface area (Å²) >= 11 is 1.76. The number of esters is 1. The van der Waals surface area contributed by atoms with Crippen LogP contribution in [0.2, 0.25) is 0 Å². The standard InChI is InChI=1S/C17H18N4O2S/c1-23-17(22)15-11(9-18-20-15)10-21-8-4-6-13(21)16-19-12-5-2-3-7-14(12)24-16/h2-3,5,7,9,13H,4,6,8,10H2,1H3,(H,18,20). The summed E-state index contributed by atoms with van der Waals surface area (Å²) in [5, 5.41) is 7.89. The Morgan fingerprint density at radius 1 is 1.46 bits per heavy atom. The average molecular weight is 342 g/mol. The Bertz CT molecular complexity index is 839. The second kappa shape index (κ2) is 6.33. The number of aromatic amines is 1. The molecule has 1 N–H and O–H groups in total.